The van der Waals surface area contributed by atoms with Crippen molar-refractivity contribution in [1.29, 1.82) is 0 Å². The Morgan fingerprint density at radius 1 is 1.21 bits per heavy atom. The van der Waals surface area contributed by atoms with Gasteiger partial charge in [0.1, 0.15) is 12.4 Å². The molecular weight excluding hydrogens is 412 g/mol. The van der Waals surface area contributed by atoms with Crippen LogP contribution in [0.5, 0.6) is 5.75 Å². The Balaban J connectivity index is 1.52. The van der Waals surface area contributed by atoms with Gasteiger partial charge in [-0.2, -0.15) is 4.31 Å². The summed E-state index contributed by atoms with van der Waals surface area (Å²) in [5, 5.41) is 3.35. The average Bonchev–Trinajstić information content (AvgIpc) is 2.72. The summed E-state index contributed by atoms with van der Waals surface area (Å²) in [7, 11) is -3.60. The van der Waals surface area contributed by atoms with E-state index in [4.69, 9.17) is 16.3 Å². The largest absolute Gasteiger partial charge is 0.490 e. The zero-order chi connectivity index (χ0) is 20.9. The number of sulfonamides is 1. The number of nitrogens with zero attached hydrogens (tertiary/aromatic N) is 1. The molecule has 0 spiro atoms. The first-order valence-corrected chi connectivity index (χ1v) is 11.4. The average molecular weight is 437 g/mol. The lowest BCUT2D eigenvalue weighted by atomic mass is 9.99. The van der Waals surface area contributed by atoms with Crippen LogP contribution in [0.15, 0.2) is 53.4 Å². The van der Waals surface area contributed by atoms with E-state index in [1.165, 1.54) is 4.31 Å². The van der Waals surface area contributed by atoms with Gasteiger partial charge in [0.15, 0.2) is 0 Å². The Morgan fingerprint density at radius 2 is 1.93 bits per heavy atom. The number of ether oxygens (including phenoxy) is 1. The summed E-state index contributed by atoms with van der Waals surface area (Å²) < 4.78 is 32.7. The first-order valence-electron chi connectivity index (χ1n) is 9.60. The van der Waals surface area contributed by atoms with Gasteiger partial charge in [-0.3, -0.25) is 4.79 Å². The number of rotatable bonds is 7. The molecule has 1 fully saturated rings. The fourth-order valence-corrected chi connectivity index (χ4v) is 4.99. The first kappa shape index (κ1) is 21.6. The van der Waals surface area contributed by atoms with Gasteiger partial charge in [-0.15, -0.1) is 0 Å². The second-order valence-electron chi connectivity index (χ2n) is 7.09. The number of carbonyl (C=O) groups excluding carboxylic acids is 1. The molecule has 1 atom stereocenters. The molecule has 156 valence electrons. The summed E-state index contributed by atoms with van der Waals surface area (Å²) in [5.41, 5.74) is 0.999. The van der Waals surface area contributed by atoms with Crippen molar-refractivity contribution in [2.24, 2.45) is 5.92 Å². The Bertz CT molecular complexity index is 947. The molecule has 0 radical (unpaired) electrons. The van der Waals surface area contributed by atoms with Crippen LogP contribution >= 0.6 is 11.6 Å². The number of nitrogens with one attached hydrogen (secondary N) is 1. The molecule has 29 heavy (non-hydrogen) atoms. The first-order chi connectivity index (χ1) is 13.9. The second kappa shape index (κ2) is 9.61. The third-order valence-corrected chi connectivity index (χ3v) is 7.10. The van der Waals surface area contributed by atoms with Gasteiger partial charge in [0, 0.05) is 13.1 Å². The third kappa shape index (κ3) is 5.50. The van der Waals surface area contributed by atoms with E-state index in [0.29, 0.717) is 36.7 Å². The highest BCUT2D eigenvalue weighted by Gasteiger charge is 2.33. The summed E-state index contributed by atoms with van der Waals surface area (Å²) in [6, 6.07) is 13.9. The minimum Gasteiger partial charge on any atom is -0.490 e. The van der Waals surface area contributed by atoms with Crippen molar-refractivity contribution in [3.63, 3.8) is 0 Å². The van der Waals surface area contributed by atoms with Crippen molar-refractivity contribution in [2.75, 3.05) is 26.2 Å². The standard InChI is InChI=1S/C21H25ClN2O4S/c1-16-8-10-18(11-9-16)29(26,27)24-13-4-5-17(15-24)21(25)23-12-14-28-20-7-3-2-6-19(20)22/h2-3,6-11,17H,4-5,12-15H2,1H3,(H,23,25)/t17-/m1/s1. The number of halogens is 1. The number of aryl methyl sites for hydroxylation is 1. The van der Waals surface area contributed by atoms with Crippen LogP contribution in [-0.2, 0) is 14.8 Å². The molecule has 1 heterocycles. The van der Waals surface area contributed by atoms with Gasteiger partial charge in [0.25, 0.3) is 0 Å². The molecule has 2 aromatic rings. The van der Waals surface area contributed by atoms with Gasteiger partial charge in [-0.1, -0.05) is 41.4 Å². The molecule has 8 heteroatoms. The van der Waals surface area contributed by atoms with Crippen LogP contribution in [0, 0.1) is 12.8 Å². The van der Waals surface area contributed by atoms with E-state index in [2.05, 4.69) is 5.32 Å². The molecule has 1 aliphatic rings. The zero-order valence-corrected chi connectivity index (χ0v) is 17.9. The van der Waals surface area contributed by atoms with Gasteiger partial charge >= 0.3 is 0 Å². The molecule has 0 bridgehead atoms. The van der Waals surface area contributed by atoms with E-state index in [1.807, 2.05) is 19.1 Å². The van der Waals surface area contributed by atoms with Crippen molar-refractivity contribution in [2.45, 2.75) is 24.7 Å². The van der Waals surface area contributed by atoms with Gasteiger partial charge in [-0.25, -0.2) is 8.42 Å². The number of carbonyl (C=O) groups is 1. The van der Waals surface area contributed by atoms with Gasteiger partial charge in [0.05, 0.1) is 22.4 Å². The minimum atomic E-state index is -3.60. The molecule has 2 aromatic carbocycles. The molecule has 1 saturated heterocycles. The Labute approximate surface area is 176 Å². The zero-order valence-electron chi connectivity index (χ0n) is 16.3. The predicted octanol–water partition coefficient (Wildman–Crippen LogP) is 3.24. The molecule has 6 nitrogen and oxygen atoms in total. The maximum atomic E-state index is 12.9. The maximum Gasteiger partial charge on any atom is 0.243 e. The maximum absolute atomic E-state index is 12.9. The van der Waals surface area contributed by atoms with Crippen LogP contribution in [0.25, 0.3) is 0 Å². The van der Waals surface area contributed by atoms with E-state index in [0.717, 1.165) is 5.56 Å². The quantitative estimate of drug-likeness (QED) is 0.676. The molecule has 1 aliphatic heterocycles. The number of hydrogen-bond donors (Lipinski definition) is 1. The highest BCUT2D eigenvalue weighted by molar-refractivity contribution is 7.89. The van der Waals surface area contributed by atoms with Gasteiger partial charge in [0.2, 0.25) is 15.9 Å². The lowest BCUT2D eigenvalue weighted by molar-refractivity contribution is -0.126. The van der Waals surface area contributed by atoms with Crippen LogP contribution in [-0.4, -0.2) is 44.9 Å². The fourth-order valence-electron chi connectivity index (χ4n) is 3.28. The summed E-state index contributed by atoms with van der Waals surface area (Å²) in [6.07, 6.45) is 1.32. The SMILES string of the molecule is Cc1ccc(S(=O)(=O)N2CCC[C@@H](C(=O)NCCOc3ccccc3Cl)C2)cc1. The monoisotopic (exact) mass is 436 g/mol. The number of piperidine rings is 1. The van der Waals surface area contributed by atoms with Gasteiger partial charge in [-0.05, 0) is 44.0 Å². The fraction of sp³-hybridized carbons (Fsp3) is 0.381. The van der Waals surface area contributed by atoms with Crippen LogP contribution in [0.2, 0.25) is 5.02 Å². The van der Waals surface area contributed by atoms with Crippen molar-refractivity contribution < 1.29 is 17.9 Å². The highest BCUT2D eigenvalue weighted by Crippen LogP contribution is 2.25. The van der Waals surface area contributed by atoms with Crippen molar-refractivity contribution >= 4 is 27.5 Å². The molecule has 0 saturated carbocycles. The van der Waals surface area contributed by atoms with Crippen LogP contribution < -0.4 is 10.1 Å². The molecule has 1 N–H and O–H groups in total. The van der Waals surface area contributed by atoms with E-state index in [9.17, 15) is 13.2 Å². The topological polar surface area (TPSA) is 75.7 Å². The molecular formula is C21H25ClN2O4S. The summed E-state index contributed by atoms with van der Waals surface area (Å²) in [6.45, 7) is 3.13. The van der Waals surface area contributed by atoms with Crippen molar-refractivity contribution in [3.05, 3.63) is 59.1 Å². The van der Waals surface area contributed by atoms with Crippen molar-refractivity contribution in [1.82, 2.24) is 9.62 Å². The molecule has 0 unspecified atom stereocenters. The number of para-hydroxylation sites is 1. The van der Waals surface area contributed by atoms with Crippen LogP contribution in [0.4, 0.5) is 0 Å². The van der Waals surface area contributed by atoms with E-state index in [1.54, 1.807) is 36.4 Å². The van der Waals surface area contributed by atoms with Gasteiger partial charge < -0.3 is 10.1 Å². The lowest BCUT2D eigenvalue weighted by Gasteiger charge is -2.31. The van der Waals surface area contributed by atoms with E-state index < -0.39 is 10.0 Å². The predicted molar refractivity (Wildman–Crippen MR) is 113 cm³/mol. The number of benzene rings is 2. The summed E-state index contributed by atoms with van der Waals surface area (Å²) in [4.78, 5) is 12.8. The number of hydrogen-bond acceptors (Lipinski definition) is 4. The second-order valence-corrected chi connectivity index (χ2v) is 9.43. The Morgan fingerprint density at radius 3 is 2.66 bits per heavy atom. The molecule has 3 rings (SSSR count). The Hall–Kier alpha value is -2.09. The summed E-state index contributed by atoms with van der Waals surface area (Å²) in [5.74, 6) is 0.0392. The van der Waals surface area contributed by atoms with Crippen LogP contribution in [0.1, 0.15) is 18.4 Å². The van der Waals surface area contributed by atoms with E-state index in [-0.39, 0.29) is 29.9 Å². The Kier molecular flexibility index (Phi) is 7.16. The smallest absolute Gasteiger partial charge is 0.243 e. The summed E-state index contributed by atoms with van der Waals surface area (Å²) >= 11 is 6.03. The number of amides is 1. The van der Waals surface area contributed by atoms with E-state index >= 15 is 0 Å². The highest BCUT2D eigenvalue weighted by atomic mass is 35.5. The van der Waals surface area contributed by atoms with Crippen LogP contribution in [0.3, 0.4) is 0 Å². The molecule has 0 aliphatic carbocycles. The lowest BCUT2D eigenvalue weighted by Crippen LogP contribution is -2.45. The van der Waals surface area contributed by atoms with Crippen molar-refractivity contribution in [3.8, 4) is 5.75 Å². The molecule has 0 aromatic heterocycles. The normalized spacial score (nSPS) is 17.7. The third-order valence-electron chi connectivity index (χ3n) is 4.91. The minimum absolute atomic E-state index is 0.156. The molecule has 1 amide bonds.